The molecule has 0 unspecified atom stereocenters. The van der Waals surface area contributed by atoms with Gasteiger partial charge in [-0.15, -0.1) is 0 Å². The van der Waals surface area contributed by atoms with Gasteiger partial charge in [0, 0.05) is 16.9 Å². The summed E-state index contributed by atoms with van der Waals surface area (Å²) in [5.41, 5.74) is 3.33. The number of nitrogens with one attached hydrogen (secondary N) is 2. The largest absolute Gasteiger partial charge is 0.462 e. The summed E-state index contributed by atoms with van der Waals surface area (Å²) in [6.07, 6.45) is 0.717. The molecule has 0 fully saturated rings. The van der Waals surface area contributed by atoms with Gasteiger partial charge in [0.15, 0.2) is 0 Å². The number of para-hydroxylation sites is 1. The number of anilines is 1. The molecule has 1 amide bonds. The Kier molecular flexibility index (Phi) is 6.47. The van der Waals surface area contributed by atoms with Crippen LogP contribution in [-0.2, 0) is 16.0 Å². The second kappa shape index (κ2) is 9.22. The van der Waals surface area contributed by atoms with E-state index < -0.39 is 17.7 Å². The van der Waals surface area contributed by atoms with Crippen molar-refractivity contribution in [3.63, 3.8) is 0 Å². The summed E-state index contributed by atoms with van der Waals surface area (Å²) < 4.78 is 5.18. The molecule has 6 heteroatoms. The number of ether oxygens (including phenoxy) is 1. The van der Waals surface area contributed by atoms with Crippen LogP contribution in [0, 0.1) is 6.92 Å². The fourth-order valence-corrected chi connectivity index (χ4v) is 3.39. The smallest absolute Gasteiger partial charge is 0.340 e. The van der Waals surface area contributed by atoms with Gasteiger partial charge in [-0.25, -0.2) is 4.79 Å². The number of aromatic amines is 1. The molecule has 6 nitrogen and oxygen atoms in total. The molecular weight excluding hydrogens is 380 g/mol. The van der Waals surface area contributed by atoms with Crippen LogP contribution in [0.3, 0.4) is 0 Å². The number of esters is 1. The highest BCUT2D eigenvalue weighted by Crippen LogP contribution is 2.31. The Morgan fingerprint density at radius 3 is 2.30 bits per heavy atom. The molecule has 30 heavy (non-hydrogen) atoms. The number of amides is 1. The van der Waals surface area contributed by atoms with Gasteiger partial charge in [-0.3, -0.25) is 9.59 Å². The number of rotatable bonds is 7. The van der Waals surface area contributed by atoms with E-state index in [9.17, 15) is 14.4 Å². The number of ketones is 1. The lowest BCUT2D eigenvalue weighted by atomic mass is 9.98. The van der Waals surface area contributed by atoms with E-state index >= 15 is 0 Å². The molecule has 0 spiro atoms. The van der Waals surface area contributed by atoms with E-state index in [1.165, 1.54) is 0 Å². The molecule has 2 aromatic carbocycles. The molecule has 3 rings (SSSR count). The van der Waals surface area contributed by atoms with E-state index in [0.29, 0.717) is 28.9 Å². The lowest BCUT2D eigenvalue weighted by Crippen LogP contribution is -2.24. The summed E-state index contributed by atoms with van der Waals surface area (Å²) >= 11 is 0. The number of hydrogen-bond donors (Lipinski definition) is 2. The Hall–Kier alpha value is -3.67. The Balaban J connectivity index is 2.04. The molecule has 3 aromatic rings. The van der Waals surface area contributed by atoms with E-state index in [1.807, 2.05) is 25.1 Å². The summed E-state index contributed by atoms with van der Waals surface area (Å²) in [5, 5.41) is 2.70. The molecule has 0 atom stereocenters. The molecule has 1 aromatic heterocycles. The van der Waals surface area contributed by atoms with Crippen LogP contribution in [0.2, 0.25) is 0 Å². The summed E-state index contributed by atoms with van der Waals surface area (Å²) in [7, 11) is 0. The van der Waals surface area contributed by atoms with Crippen LogP contribution in [0.4, 0.5) is 5.69 Å². The average Bonchev–Trinajstić information content (AvgIpc) is 3.11. The molecular formula is C24H24N2O4. The number of carbonyl (C=O) groups excluding carboxylic acids is 3. The highest BCUT2D eigenvalue weighted by Gasteiger charge is 2.29. The second-order valence-electron chi connectivity index (χ2n) is 6.76. The molecule has 0 aliphatic rings. The lowest BCUT2D eigenvalue weighted by molar-refractivity contribution is -0.112. The fraction of sp³-hybridized carbons (Fsp3) is 0.208. The van der Waals surface area contributed by atoms with Crippen molar-refractivity contribution < 1.29 is 19.1 Å². The van der Waals surface area contributed by atoms with Crippen molar-refractivity contribution in [2.24, 2.45) is 0 Å². The van der Waals surface area contributed by atoms with E-state index in [1.54, 1.807) is 50.2 Å². The Morgan fingerprint density at radius 2 is 1.63 bits per heavy atom. The van der Waals surface area contributed by atoms with Crippen LogP contribution in [-0.4, -0.2) is 29.3 Å². The van der Waals surface area contributed by atoms with Gasteiger partial charge in [-0.2, -0.15) is 0 Å². The first-order valence-corrected chi connectivity index (χ1v) is 9.86. The van der Waals surface area contributed by atoms with Gasteiger partial charge < -0.3 is 15.0 Å². The number of aryl methyl sites for hydroxylation is 2. The third kappa shape index (κ3) is 4.17. The topological polar surface area (TPSA) is 88.3 Å². The summed E-state index contributed by atoms with van der Waals surface area (Å²) in [5.74, 6) is -2.07. The number of Topliss-reactive ketones (excluding diaryl/α,β-unsaturated/α-hetero) is 1. The summed E-state index contributed by atoms with van der Waals surface area (Å²) in [4.78, 5) is 41.4. The highest BCUT2D eigenvalue weighted by atomic mass is 16.5. The van der Waals surface area contributed by atoms with Crippen LogP contribution >= 0.6 is 0 Å². The van der Waals surface area contributed by atoms with Crippen molar-refractivity contribution in [1.82, 2.24) is 4.98 Å². The van der Waals surface area contributed by atoms with Crippen molar-refractivity contribution in [3.8, 4) is 11.1 Å². The molecule has 0 bridgehead atoms. The zero-order valence-corrected chi connectivity index (χ0v) is 17.2. The van der Waals surface area contributed by atoms with Crippen LogP contribution in [0.5, 0.6) is 0 Å². The molecule has 0 aliphatic heterocycles. The summed E-state index contributed by atoms with van der Waals surface area (Å²) in [6.45, 7) is 5.57. The van der Waals surface area contributed by atoms with Gasteiger partial charge >= 0.3 is 5.97 Å². The first-order valence-electron chi connectivity index (χ1n) is 9.86. The number of carbonyl (C=O) groups is 3. The van der Waals surface area contributed by atoms with E-state index in [0.717, 1.165) is 5.56 Å². The average molecular weight is 404 g/mol. The first kappa shape index (κ1) is 21.0. The van der Waals surface area contributed by atoms with Crippen molar-refractivity contribution in [1.29, 1.82) is 0 Å². The lowest BCUT2D eigenvalue weighted by Gasteiger charge is -2.10. The van der Waals surface area contributed by atoms with Crippen LogP contribution in [0.1, 0.15) is 46.0 Å². The van der Waals surface area contributed by atoms with Crippen LogP contribution < -0.4 is 5.32 Å². The third-order valence-electron chi connectivity index (χ3n) is 4.81. The van der Waals surface area contributed by atoms with Crippen molar-refractivity contribution in [2.45, 2.75) is 27.2 Å². The van der Waals surface area contributed by atoms with E-state index in [-0.39, 0.29) is 17.9 Å². The predicted octanol–water partition coefficient (Wildman–Crippen LogP) is 4.55. The Bertz CT molecular complexity index is 1080. The quantitative estimate of drug-likeness (QED) is 0.343. The normalized spacial score (nSPS) is 10.5. The van der Waals surface area contributed by atoms with E-state index in [4.69, 9.17) is 4.74 Å². The molecule has 0 radical (unpaired) electrons. The van der Waals surface area contributed by atoms with Gasteiger partial charge in [0.1, 0.15) is 5.69 Å². The minimum absolute atomic E-state index is 0.0632. The second-order valence-corrected chi connectivity index (χ2v) is 6.76. The summed E-state index contributed by atoms with van der Waals surface area (Å²) in [6, 6.07) is 16.3. The maximum absolute atomic E-state index is 13.1. The maximum atomic E-state index is 13.1. The highest BCUT2D eigenvalue weighted by molar-refractivity contribution is 6.47. The molecule has 0 aliphatic carbocycles. The van der Waals surface area contributed by atoms with E-state index in [2.05, 4.69) is 10.3 Å². The molecule has 0 saturated heterocycles. The van der Waals surface area contributed by atoms with Crippen molar-refractivity contribution >= 4 is 23.3 Å². The van der Waals surface area contributed by atoms with Crippen molar-refractivity contribution in [2.75, 3.05) is 11.9 Å². The zero-order chi connectivity index (χ0) is 21.7. The number of aromatic nitrogens is 1. The predicted molar refractivity (Wildman–Crippen MR) is 116 cm³/mol. The monoisotopic (exact) mass is 404 g/mol. The minimum atomic E-state index is -0.773. The van der Waals surface area contributed by atoms with Gasteiger partial charge in [-0.05, 0) is 37.5 Å². The van der Waals surface area contributed by atoms with Crippen LogP contribution in [0.25, 0.3) is 11.1 Å². The first-order chi connectivity index (χ1) is 14.5. The molecule has 1 heterocycles. The maximum Gasteiger partial charge on any atom is 0.340 e. The number of benzene rings is 2. The standard InChI is InChI=1S/C24H24N2O4/c1-4-16-11-9-10-14-18(16)26-23(28)22(27)21-20(17-12-7-6-8-13-17)19(15(3)25-21)24(29)30-5-2/h6-14,25H,4-5H2,1-3H3,(H,26,28). The Labute approximate surface area is 175 Å². The third-order valence-corrected chi connectivity index (χ3v) is 4.81. The van der Waals surface area contributed by atoms with Gasteiger partial charge in [0.25, 0.3) is 11.7 Å². The number of hydrogen-bond acceptors (Lipinski definition) is 4. The van der Waals surface area contributed by atoms with Gasteiger partial charge in [0.2, 0.25) is 0 Å². The zero-order valence-electron chi connectivity index (χ0n) is 17.2. The SMILES string of the molecule is CCOC(=O)c1c(C)[nH]c(C(=O)C(=O)Nc2ccccc2CC)c1-c1ccccc1. The minimum Gasteiger partial charge on any atom is -0.462 e. The van der Waals surface area contributed by atoms with Crippen molar-refractivity contribution in [3.05, 3.63) is 77.1 Å². The molecule has 0 saturated carbocycles. The molecule has 154 valence electrons. The fourth-order valence-electron chi connectivity index (χ4n) is 3.39. The van der Waals surface area contributed by atoms with Crippen LogP contribution in [0.15, 0.2) is 54.6 Å². The van der Waals surface area contributed by atoms with Gasteiger partial charge in [-0.1, -0.05) is 55.5 Å². The number of H-pyrrole nitrogens is 1. The van der Waals surface area contributed by atoms with Gasteiger partial charge in [0.05, 0.1) is 12.2 Å². The Morgan fingerprint density at radius 1 is 0.967 bits per heavy atom. The molecule has 2 N–H and O–H groups in total.